The van der Waals surface area contributed by atoms with Gasteiger partial charge in [0.05, 0.1) is 0 Å². The molecule has 1 N–H and O–H groups in total. The fourth-order valence-electron chi connectivity index (χ4n) is 6.14. The summed E-state index contributed by atoms with van der Waals surface area (Å²) in [7, 11) is 2.08. The maximum Gasteiger partial charge on any atom is 0.255 e. The highest BCUT2D eigenvalue weighted by atomic mass is 16.3. The molecule has 0 amide bonds. The third kappa shape index (κ3) is 4.01. The average Bonchev–Trinajstić information content (AvgIpc) is 3.25. The lowest BCUT2D eigenvalue weighted by molar-refractivity contribution is 0.0861. The third-order valence-corrected chi connectivity index (χ3v) is 7.56. The van der Waals surface area contributed by atoms with Crippen LogP contribution in [0.15, 0.2) is 35.4 Å². The number of aliphatic hydroxyl groups excluding tert-OH is 1. The van der Waals surface area contributed by atoms with Gasteiger partial charge in [0.25, 0.3) is 5.56 Å². The van der Waals surface area contributed by atoms with Gasteiger partial charge in [0, 0.05) is 74.3 Å². The zero-order valence-electron chi connectivity index (χ0n) is 18.4. The van der Waals surface area contributed by atoms with Crippen molar-refractivity contribution in [1.82, 2.24) is 19.4 Å². The van der Waals surface area contributed by atoms with Crippen molar-refractivity contribution in [1.29, 1.82) is 0 Å². The summed E-state index contributed by atoms with van der Waals surface area (Å²) in [4.78, 5) is 26.7. The van der Waals surface area contributed by atoms with Gasteiger partial charge in [0.2, 0.25) is 5.95 Å². The quantitative estimate of drug-likeness (QED) is 0.768. The number of anilines is 1. The Kier molecular flexibility index (Phi) is 5.56. The summed E-state index contributed by atoms with van der Waals surface area (Å²) in [6, 6.07) is 6.04. The predicted octanol–water partition coefficient (Wildman–Crippen LogP) is 2.25. The SMILES string of the molecule is CN(Cc1ccc2n(c1=O)C[C@H]1C[C@@H]2CN(c2ncccn2)C1)CC1(CO)CCCC1. The molecule has 0 unspecified atom stereocenters. The first kappa shape index (κ1) is 20.6. The lowest BCUT2D eigenvalue weighted by atomic mass is 9.83. The lowest BCUT2D eigenvalue weighted by Gasteiger charge is -2.43. The summed E-state index contributed by atoms with van der Waals surface area (Å²) < 4.78 is 2.03. The molecule has 0 aromatic carbocycles. The van der Waals surface area contributed by atoms with Gasteiger partial charge in [-0.2, -0.15) is 0 Å². The molecular weight excluding hydrogens is 390 g/mol. The van der Waals surface area contributed by atoms with E-state index in [4.69, 9.17) is 0 Å². The summed E-state index contributed by atoms with van der Waals surface area (Å²) in [5.41, 5.74) is 2.18. The molecule has 3 aliphatic rings. The third-order valence-electron chi connectivity index (χ3n) is 7.56. The number of piperidine rings is 1. The molecule has 2 aromatic heterocycles. The van der Waals surface area contributed by atoms with Gasteiger partial charge in [-0.25, -0.2) is 9.97 Å². The van der Waals surface area contributed by atoms with E-state index in [1.54, 1.807) is 12.4 Å². The van der Waals surface area contributed by atoms with Crippen molar-refractivity contribution >= 4 is 5.95 Å². The highest BCUT2D eigenvalue weighted by Crippen LogP contribution is 2.39. The second-order valence-corrected chi connectivity index (χ2v) is 9.99. The van der Waals surface area contributed by atoms with Crippen LogP contribution in [0, 0.1) is 11.3 Å². The maximum absolute atomic E-state index is 13.4. The highest BCUT2D eigenvalue weighted by molar-refractivity contribution is 5.34. The summed E-state index contributed by atoms with van der Waals surface area (Å²) >= 11 is 0. The van der Waals surface area contributed by atoms with Crippen molar-refractivity contribution in [2.24, 2.45) is 11.3 Å². The Morgan fingerprint density at radius 2 is 1.94 bits per heavy atom. The Morgan fingerprint density at radius 1 is 1.16 bits per heavy atom. The van der Waals surface area contributed by atoms with Crippen LogP contribution >= 0.6 is 0 Å². The molecule has 1 saturated carbocycles. The predicted molar refractivity (Wildman–Crippen MR) is 120 cm³/mol. The molecule has 31 heavy (non-hydrogen) atoms. The second kappa shape index (κ2) is 8.36. The lowest BCUT2D eigenvalue weighted by Crippen LogP contribution is -2.48. The number of rotatable bonds is 6. The minimum Gasteiger partial charge on any atom is -0.396 e. The summed E-state index contributed by atoms with van der Waals surface area (Å²) in [5, 5.41) is 9.93. The van der Waals surface area contributed by atoms with Crippen LogP contribution in [-0.4, -0.2) is 57.8 Å². The van der Waals surface area contributed by atoms with Crippen LogP contribution in [0.25, 0.3) is 0 Å². The molecule has 2 atom stereocenters. The van der Waals surface area contributed by atoms with Crippen LogP contribution in [0.5, 0.6) is 0 Å². The second-order valence-electron chi connectivity index (χ2n) is 9.99. The molecule has 166 valence electrons. The van der Waals surface area contributed by atoms with Gasteiger partial charge in [-0.05, 0) is 44.4 Å². The first-order valence-electron chi connectivity index (χ1n) is 11.6. The molecular formula is C24H33N5O2. The minimum atomic E-state index is 0.0130. The van der Waals surface area contributed by atoms with Crippen LogP contribution in [0.2, 0.25) is 0 Å². The fraction of sp³-hybridized carbons (Fsp3) is 0.625. The highest BCUT2D eigenvalue weighted by Gasteiger charge is 2.37. The van der Waals surface area contributed by atoms with Crippen molar-refractivity contribution in [3.8, 4) is 0 Å². The van der Waals surface area contributed by atoms with E-state index >= 15 is 0 Å². The first-order chi connectivity index (χ1) is 15.1. The van der Waals surface area contributed by atoms with Gasteiger partial charge in [0.1, 0.15) is 0 Å². The van der Waals surface area contributed by atoms with Crippen molar-refractivity contribution in [3.63, 3.8) is 0 Å². The number of hydrogen-bond donors (Lipinski definition) is 1. The molecule has 0 spiro atoms. The van der Waals surface area contributed by atoms with Gasteiger partial charge >= 0.3 is 0 Å². The number of aliphatic hydroxyl groups is 1. The molecule has 1 saturated heterocycles. The number of aromatic nitrogens is 3. The Morgan fingerprint density at radius 3 is 2.68 bits per heavy atom. The van der Waals surface area contributed by atoms with E-state index in [-0.39, 0.29) is 17.6 Å². The van der Waals surface area contributed by atoms with Crippen LogP contribution in [0.1, 0.15) is 49.3 Å². The largest absolute Gasteiger partial charge is 0.396 e. The normalized spacial score (nSPS) is 24.4. The van der Waals surface area contributed by atoms with Crippen LogP contribution in [0.4, 0.5) is 5.95 Å². The number of pyridine rings is 1. The Hall–Kier alpha value is -2.25. The van der Waals surface area contributed by atoms with Gasteiger partial charge in [-0.3, -0.25) is 4.79 Å². The Bertz CT molecular complexity index is 970. The Balaban J connectivity index is 1.33. The molecule has 0 radical (unpaired) electrons. The average molecular weight is 424 g/mol. The molecule has 2 aliphatic heterocycles. The van der Waals surface area contributed by atoms with E-state index in [2.05, 4.69) is 32.9 Å². The van der Waals surface area contributed by atoms with Gasteiger partial charge in [0.15, 0.2) is 0 Å². The summed E-state index contributed by atoms with van der Waals surface area (Å²) in [5.74, 6) is 1.57. The topological polar surface area (TPSA) is 74.5 Å². The van der Waals surface area contributed by atoms with Crippen LogP contribution < -0.4 is 10.5 Å². The Labute approximate surface area is 183 Å². The molecule has 2 bridgehead atoms. The van der Waals surface area contributed by atoms with E-state index in [0.717, 1.165) is 62.6 Å². The zero-order chi connectivity index (χ0) is 21.4. The molecule has 7 heteroatoms. The molecule has 4 heterocycles. The van der Waals surface area contributed by atoms with E-state index < -0.39 is 0 Å². The van der Waals surface area contributed by atoms with Gasteiger partial charge < -0.3 is 19.5 Å². The number of hydrogen-bond acceptors (Lipinski definition) is 6. The standard InChI is InChI=1S/C24H33N5O2/c1-27(16-24(17-30)7-2-3-8-24)14-19-5-6-21-20-11-18(13-29(21)22(19)31)12-28(15-20)23-25-9-4-10-26-23/h4-6,9-10,18,20,30H,2-3,7-8,11-17H2,1H3/t18-,20+/m0/s1. The van der Waals surface area contributed by atoms with Crippen LogP contribution in [-0.2, 0) is 13.1 Å². The smallest absolute Gasteiger partial charge is 0.255 e. The van der Waals surface area contributed by atoms with E-state index in [1.807, 2.05) is 16.7 Å². The molecule has 7 nitrogen and oxygen atoms in total. The fourth-order valence-corrected chi connectivity index (χ4v) is 6.14. The molecule has 2 aromatic rings. The van der Waals surface area contributed by atoms with Crippen molar-refractivity contribution in [2.45, 2.75) is 51.1 Å². The maximum atomic E-state index is 13.4. The van der Waals surface area contributed by atoms with Gasteiger partial charge in [-0.15, -0.1) is 0 Å². The van der Waals surface area contributed by atoms with E-state index in [9.17, 15) is 9.90 Å². The van der Waals surface area contributed by atoms with Crippen molar-refractivity contribution < 1.29 is 5.11 Å². The first-order valence-corrected chi connectivity index (χ1v) is 11.6. The summed E-state index contributed by atoms with van der Waals surface area (Å²) in [6.45, 7) is 4.26. The van der Waals surface area contributed by atoms with E-state index in [0.29, 0.717) is 18.4 Å². The van der Waals surface area contributed by atoms with Crippen LogP contribution in [0.3, 0.4) is 0 Å². The summed E-state index contributed by atoms with van der Waals surface area (Å²) in [6.07, 6.45) is 9.28. The van der Waals surface area contributed by atoms with Crippen molar-refractivity contribution in [2.75, 3.05) is 38.2 Å². The monoisotopic (exact) mass is 423 g/mol. The van der Waals surface area contributed by atoms with Gasteiger partial charge in [-0.1, -0.05) is 18.9 Å². The van der Waals surface area contributed by atoms with Crippen molar-refractivity contribution in [3.05, 3.63) is 52.2 Å². The minimum absolute atomic E-state index is 0.0130. The number of fused-ring (bicyclic) bond motifs is 4. The van der Waals surface area contributed by atoms with E-state index in [1.165, 1.54) is 12.8 Å². The molecule has 1 aliphatic carbocycles. The number of nitrogens with zero attached hydrogens (tertiary/aromatic N) is 5. The zero-order valence-corrected chi connectivity index (χ0v) is 18.4. The molecule has 2 fully saturated rings. The molecule has 5 rings (SSSR count).